The van der Waals surface area contributed by atoms with Gasteiger partial charge in [0.2, 0.25) is 0 Å². The zero-order chi connectivity index (χ0) is 9.56. The summed E-state index contributed by atoms with van der Waals surface area (Å²) in [5.74, 6) is 0.112. The molecule has 0 amide bonds. The van der Waals surface area contributed by atoms with Crippen LogP contribution in [0, 0.1) is 5.92 Å². The quantitative estimate of drug-likeness (QED) is 0.626. The van der Waals surface area contributed by atoms with E-state index in [0.29, 0.717) is 6.54 Å². The molecule has 0 saturated heterocycles. The van der Waals surface area contributed by atoms with Crippen LogP contribution < -0.4 is 5.73 Å². The van der Waals surface area contributed by atoms with E-state index in [-0.39, 0.29) is 12.0 Å². The summed E-state index contributed by atoms with van der Waals surface area (Å²) in [6.45, 7) is 4.52. The molecule has 0 saturated carbocycles. The highest BCUT2D eigenvalue weighted by atomic mass is 16.5. The van der Waals surface area contributed by atoms with E-state index >= 15 is 0 Å². The average molecular weight is 175 g/mol. The highest BCUT2D eigenvalue weighted by Gasteiger charge is 2.22. The number of rotatable bonds is 6. The van der Waals surface area contributed by atoms with Crippen molar-refractivity contribution in [3.8, 4) is 0 Å². The average Bonchev–Trinajstić information content (AvgIpc) is 2.11. The van der Waals surface area contributed by atoms with Crippen molar-refractivity contribution in [2.45, 2.75) is 38.9 Å². The predicted octanol–water partition coefficient (Wildman–Crippen LogP) is 0.757. The Morgan fingerprint density at radius 2 is 2.08 bits per heavy atom. The Morgan fingerprint density at radius 1 is 1.50 bits per heavy atom. The zero-order valence-corrected chi connectivity index (χ0v) is 8.29. The summed E-state index contributed by atoms with van der Waals surface area (Å²) in [5.41, 5.74) is 5.45. The second-order valence-corrected chi connectivity index (χ2v) is 3.27. The molecule has 0 rings (SSSR count). The van der Waals surface area contributed by atoms with Crippen molar-refractivity contribution in [1.29, 1.82) is 0 Å². The van der Waals surface area contributed by atoms with Gasteiger partial charge in [0.25, 0.3) is 0 Å². The molecule has 0 bridgehead atoms. The highest BCUT2D eigenvalue weighted by molar-refractivity contribution is 4.74. The largest absolute Gasteiger partial charge is 0.390 e. The van der Waals surface area contributed by atoms with Crippen molar-refractivity contribution in [3.63, 3.8) is 0 Å². The van der Waals surface area contributed by atoms with Gasteiger partial charge < -0.3 is 15.6 Å². The third-order valence-electron chi connectivity index (χ3n) is 2.21. The molecule has 0 aliphatic rings. The fourth-order valence-electron chi connectivity index (χ4n) is 1.22. The van der Waals surface area contributed by atoms with Gasteiger partial charge in [-0.2, -0.15) is 0 Å². The molecule has 3 nitrogen and oxygen atoms in total. The monoisotopic (exact) mass is 175 g/mol. The van der Waals surface area contributed by atoms with Crippen molar-refractivity contribution in [2.75, 3.05) is 13.7 Å². The molecule has 0 aromatic heterocycles. The van der Waals surface area contributed by atoms with E-state index < -0.39 is 6.10 Å². The smallest absolute Gasteiger partial charge is 0.0839 e. The minimum Gasteiger partial charge on any atom is -0.390 e. The van der Waals surface area contributed by atoms with Crippen LogP contribution >= 0.6 is 0 Å². The minimum absolute atomic E-state index is 0.0615. The van der Waals surface area contributed by atoms with Gasteiger partial charge in [0.05, 0.1) is 12.2 Å². The fraction of sp³-hybridized carbons (Fsp3) is 1.00. The molecule has 12 heavy (non-hydrogen) atoms. The van der Waals surface area contributed by atoms with E-state index in [1.54, 1.807) is 7.11 Å². The molecule has 0 aromatic rings. The summed E-state index contributed by atoms with van der Waals surface area (Å²) in [5, 5.41) is 9.70. The number of methoxy groups -OCH3 is 1. The maximum absolute atomic E-state index is 9.70. The van der Waals surface area contributed by atoms with Crippen LogP contribution in [0.5, 0.6) is 0 Å². The van der Waals surface area contributed by atoms with Crippen LogP contribution in [-0.2, 0) is 4.74 Å². The van der Waals surface area contributed by atoms with Gasteiger partial charge in [0.15, 0.2) is 0 Å². The number of aliphatic hydroxyl groups is 1. The number of hydrogen-bond acceptors (Lipinski definition) is 3. The van der Waals surface area contributed by atoms with Crippen molar-refractivity contribution in [2.24, 2.45) is 11.7 Å². The first-order valence-corrected chi connectivity index (χ1v) is 4.58. The number of aliphatic hydroxyl groups excluding tert-OH is 1. The second kappa shape index (κ2) is 6.40. The summed E-state index contributed by atoms with van der Waals surface area (Å²) in [7, 11) is 1.63. The molecule has 0 aromatic carbocycles. The molecule has 3 heteroatoms. The lowest BCUT2D eigenvalue weighted by Crippen LogP contribution is -2.37. The maximum atomic E-state index is 9.70. The van der Waals surface area contributed by atoms with Crippen LogP contribution in [0.2, 0.25) is 0 Å². The van der Waals surface area contributed by atoms with Crippen molar-refractivity contribution in [3.05, 3.63) is 0 Å². The molecule has 74 valence electrons. The molecular weight excluding hydrogens is 154 g/mol. The molecule has 3 unspecified atom stereocenters. The number of nitrogens with two attached hydrogens (primary N) is 1. The lowest BCUT2D eigenvalue weighted by Gasteiger charge is -2.25. The van der Waals surface area contributed by atoms with Gasteiger partial charge >= 0.3 is 0 Å². The van der Waals surface area contributed by atoms with Gasteiger partial charge in [-0.05, 0) is 18.9 Å². The first-order chi connectivity index (χ1) is 5.67. The van der Waals surface area contributed by atoms with E-state index in [1.165, 1.54) is 0 Å². The summed E-state index contributed by atoms with van der Waals surface area (Å²) >= 11 is 0. The van der Waals surface area contributed by atoms with Gasteiger partial charge in [-0.15, -0.1) is 0 Å². The van der Waals surface area contributed by atoms with Crippen LogP contribution in [-0.4, -0.2) is 31.0 Å². The Kier molecular flexibility index (Phi) is 6.34. The maximum Gasteiger partial charge on any atom is 0.0839 e. The molecular formula is C9H21NO2. The molecule has 0 spiro atoms. The Hall–Kier alpha value is -0.120. The Labute approximate surface area is 74.9 Å². The van der Waals surface area contributed by atoms with Crippen LogP contribution in [0.1, 0.15) is 26.7 Å². The Bertz CT molecular complexity index is 109. The lowest BCUT2D eigenvalue weighted by molar-refractivity contribution is -0.0399. The van der Waals surface area contributed by atoms with Gasteiger partial charge in [-0.1, -0.05) is 20.3 Å². The molecule has 0 heterocycles. The second-order valence-electron chi connectivity index (χ2n) is 3.27. The van der Waals surface area contributed by atoms with Gasteiger partial charge in [0, 0.05) is 7.11 Å². The van der Waals surface area contributed by atoms with Gasteiger partial charge in [-0.3, -0.25) is 0 Å². The summed E-state index contributed by atoms with van der Waals surface area (Å²) in [6.07, 6.45) is 1.42. The van der Waals surface area contributed by atoms with Crippen molar-refractivity contribution in [1.82, 2.24) is 0 Å². The Balaban J connectivity index is 3.91. The van der Waals surface area contributed by atoms with Crippen LogP contribution in [0.25, 0.3) is 0 Å². The van der Waals surface area contributed by atoms with Crippen molar-refractivity contribution >= 4 is 0 Å². The third kappa shape index (κ3) is 3.52. The topological polar surface area (TPSA) is 55.5 Å². The first-order valence-electron chi connectivity index (χ1n) is 4.58. The third-order valence-corrected chi connectivity index (χ3v) is 2.21. The van der Waals surface area contributed by atoms with E-state index in [2.05, 4.69) is 6.92 Å². The molecule has 0 fully saturated rings. The molecule has 3 N–H and O–H groups in total. The fourth-order valence-corrected chi connectivity index (χ4v) is 1.22. The van der Waals surface area contributed by atoms with Crippen LogP contribution in [0.3, 0.4) is 0 Å². The molecule has 0 radical (unpaired) electrons. The van der Waals surface area contributed by atoms with E-state index in [9.17, 15) is 5.11 Å². The van der Waals surface area contributed by atoms with Crippen LogP contribution in [0.15, 0.2) is 0 Å². The van der Waals surface area contributed by atoms with Gasteiger partial charge in [-0.25, -0.2) is 0 Å². The highest BCUT2D eigenvalue weighted by Crippen LogP contribution is 2.13. The molecule has 0 aliphatic heterocycles. The van der Waals surface area contributed by atoms with E-state index in [4.69, 9.17) is 10.5 Å². The molecule has 0 aliphatic carbocycles. The summed E-state index contributed by atoms with van der Waals surface area (Å²) < 4.78 is 5.17. The number of ether oxygens (including phenoxy) is 1. The summed E-state index contributed by atoms with van der Waals surface area (Å²) in [6, 6.07) is 0. The van der Waals surface area contributed by atoms with Crippen molar-refractivity contribution < 1.29 is 9.84 Å². The first kappa shape index (κ1) is 11.9. The normalized spacial score (nSPS) is 18.8. The zero-order valence-electron chi connectivity index (χ0n) is 8.29. The predicted molar refractivity (Wildman–Crippen MR) is 49.9 cm³/mol. The van der Waals surface area contributed by atoms with E-state index in [0.717, 1.165) is 12.8 Å². The SMILES string of the molecule is CCCC(OC)C(O)C(C)CN. The lowest BCUT2D eigenvalue weighted by atomic mass is 9.97. The van der Waals surface area contributed by atoms with E-state index in [1.807, 2.05) is 6.92 Å². The standard InChI is InChI=1S/C9H21NO2/c1-4-5-8(12-3)9(11)7(2)6-10/h7-9,11H,4-6,10H2,1-3H3. The molecule has 3 atom stereocenters. The Morgan fingerprint density at radius 3 is 2.42 bits per heavy atom. The number of hydrogen-bond donors (Lipinski definition) is 2. The van der Waals surface area contributed by atoms with Gasteiger partial charge in [0.1, 0.15) is 0 Å². The summed E-state index contributed by atoms with van der Waals surface area (Å²) in [4.78, 5) is 0. The minimum atomic E-state index is -0.431. The van der Waals surface area contributed by atoms with Crippen LogP contribution in [0.4, 0.5) is 0 Å².